The third-order valence-corrected chi connectivity index (χ3v) is 3.69. The van der Waals surface area contributed by atoms with Gasteiger partial charge < -0.3 is 20.1 Å². The zero-order valence-electron chi connectivity index (χ0n) is 12.0. The third-order valence-electron chi connectivity index (χ3n) is 3.69. The van der Waals surface area contributed by atoms with E-state index in [9.17, 15) is 0 Å². The molecule has 4 heteroatoms. The summed E-state index contributed by atoms with van der Waals surface area (Å²) in [5.74, 6) is 1.77. The molecular weight excluding hydrogens is 240 g/mol. The van der Waals surface area contributed by atoms with E-state index in [-0.39, 0.29) is 6.04 Å². The SMILES string of the molecule is COc1ccc(OC)c(C(C)NC2CCCNC2)c1. The molecule has 2 N–H and O–H groups in total. The molecule has 1 saturated heterocycles. The van der Waals surface area contributed by atoms with Gasteiger partial charge in [0.25, 0.3) is 0 Å². The van der Waals surface area contributed by atoms with Crippen molar-refractivity contribution in [2.24, 2.45) is 0 Å². The van der Waals surface area contributed by atoms with Crippen molar-refractivity contribution >= 4 is 0 Å². The van der Waals surface area contributed by atoms with E-state index in [1.165, 1.54) is 12.8 Å². The molecular formula is C15H24N2O2. The van der Waals surface area contributed by atoms with E-state index in [0.29, 0.717) is 6.04 Å². The van der Waals surface area contributed by atoms with Gasteiger partial charge in [0.05, 0.1) is 14.2 Å². The van der Waals surface area contributed by atoms with Crippen LogP contribution in [-0.4, -0.2) is 33.4 Å². The molecule has 1 heterocycles. The summed E-state index contributed by atoms with van der Waals surface area (Å²) < 4.78 is 10.7. The Morgan fingerprint density at radius 2 is 2.16 bits per heavy atom. The Bertz CT molecular complexity index is 403. The van der Waals surface area contributed by atoms with Gasteiger partial charge in [0, 0.05) is 24.2 Å². The van der Waals surface area contributed by atoms with Gasteiger partial charge in [-0.15, -0.1) is 0 Å². The van der Waals surface area contributed by atoms with Gasteiger partial charge in [0.15, 0.2) is 0 Å². The van der Waals surface area contributed by atoms with Crippen LogP contribution in [0.15, 0.2) is 18.2 Å². The van der Waals surface area contributed by atoms with Crippen molar-refractivity contribution in [3.8, 4) is 11.5 Å². The third kappa shape index (κ3) is 3.61. The molecule has 0 aromatic heterocycles. The first kappa shape index (κ1) is 14.2. The van der Waals surface area contributed by atoms with Crippen molar-refractivity contribution in [2.45, 2.75) is 31.8 Å². The largest absolute Gasteiger partial charge is 0.497 e. The molecule has 2 unspecified atom stereocenters. The minimum Gasteiger partial charge on any atom is -0.497 e. The fraction of sp³-hybridized carbons (Fsp3) is 0.600. The molecule has 0 saturated carbocycles. The van der Waals surface area contributed by atoms with Gasteiger partial charge in [-0.2, -0.15) is 0 Å². The van der Waals surface area contributed by atoms with Crippen molar-refractivity contribution in [3.05, 3.63) is 23.8 Å². The van der Waals surface area contributed by atoms with Crippen LogP contribution in [0.5, 0.6) is 11.5 Å². The number of piperidine rings is 1. The van der Waals surface area contributed by atoms with E-state index in [2.05, 4.69) is 17.6 Å². The number of methoxy groups -OCH3 is 2. The molecule has 0 aliphatic carbocycles. The summed E-state index contributed by atoms with van der Waals surface area (Å²) in [7, 11) is 3.40. The van der Waals surface area contributed by atoms with Gasteiger partial charge in [0.1, 0.15) is 11.5 Å². The van der Waals surface area contributed by atoms with Gasteiger partial charge in [-0.3, -0.25) is 0 Å². The minimum absolute atomic E-state index is 0.245. The first-order valence-electron chi connectivity index (χ1n) is 6.93. The van der Waals surface area contributed by atoms with Crippen LogP contribution in [0, 0.1) is 0 Å². The Labute approximate surface area is 115 Å². The predicted molar refractivity (Wildman–Crippen MR) is 77.0 cm³/mol. The summed E-state index contributed by atoms with van der Waals surface area (Å²) in [5, 5.41) is 7.09. The molecule has 1 aliphatic rings. The molecule has 1 aromatic carbocycles. The van der Waals surface area contributed by atoms with Gasteiger partial charge in [-0.25, -0.2) is 0 Å². The lowest BCUT2D eigenvalue weighted by Gasteiger charge is -2.28. The lowest BCUT2D eigenvalue weighted by atomic mass is 10.0. The Morgan fingerprint density at radius 3 is 2.79 bits per heavy atom. The molecule has 1 aliphatic heterocycles. The molecule has 4 nitrogen and oxygen atoms in total. The highest BCUT2D eigenvalue weighted by molar-refractivity contribution is 5.42. The maximum atomic E-state index is 5.44. The van der Waals surface area contributed by atoms with Crippen LogP contribution in [-0.2, 0) is 0 Å². The number of benzene rings is 1. The van der Waals surface area contributed by atoms with Crippen molar-refractivity contribution in [3.63, 3.8) is 0 Å². The fourth-order valence-corrected chi connectivity index (χ4v) is 2.62. The average Bonchev–Trinajstić information content (AvgIpc) is 2.47. The standard InChI is InChI=1S/C15H24N2O2/c1-11(17-12-5-4-8-16-10-12)14-9-13(18-2)6-7-15(14)19-3/h6-7,9,11-12,16-17H,4-5,8,10H2,1-3H3. The summed E-state index contributed by atoms with van der Waals surface area (Å²) in [5.41, 5.74) is 1.15. The lowest BCUT2D eigenvalue weighted by molar-refractivity contribution is 0.350. The van der Waals surface area contributed by atoms with Crippen molar-refractivity contribution < 1.29 is 9.47 Å². The monoisotopic (exact) mass is 264 g/mol. The topological polar surface area (TPSA) is 42.5 Å². The summed E-state index contributed by atoms with van der Waals surface area (Å²) in [6.45, 7) is 4.34. The van der Waals surface area contributed by atoms with Crippen molar-refractivity contribution in [2.75, 3.05) is 27.3 Å². The summed E-state index contributed by atoms with van der Waals surface area (Å²) >= 11 is 0. The Morgan fingerprint density at radius 1 is 1.32 bits per heavy atom. The van der Waals surface area contributed by atoms with Gasteiger partial charge in [0.2, 0.25) is 0 Å². The van der Waals surface area contributed by atoms with E-state index in [1.54, 1.807) is 14.2 Å². The summed E-state index contributed by atoms with van der Waals surface area (Å²) in [6.07, 6.45) is 2.46. The summed E-state index contributed by atoms with van der Waals surface area (Å²) in [6, 6.07) is 6.71. The maximum Gasteiger partial charge on any atom is 0.123 e. The van der Waals surface area contributed by atoms with Crippen molar-refractivity contribution in [1.82, 2.24) is 10.6 Å². The smallest absolute Gasteiger partial charge is 0.123 e. The predicted octanol–water partition coefficient (Wildman–Crippen LogP) is 2.11. The van der Waals surface area contributed by atoms with E-state index < -0.39 is 0 Å². The molecule has 0 radical (unpaired) electrons. The molecule has 2 rings (SSSR count). The highest BCUT2D eigenvalue weighted by Gasteiger charge is 2.18. The van der Waals surface area contributed by atoms with Crippen LogP contribution in [0.25, 0.3) is 0 Å². The number of nitrogens with one attached hydrogen (secondary N) is 2. The number of hydrogen-bond acceptors (Lipinski definition) is 4. The Balaban J connectivity index is 2.09. The molecule has 1 fully saturated rings. The molecule has 1 aromatic rings. The van der Waals surface area contributed by atoms with Gasteiger partial charge in [-0.05, 0) is 44.5 Å². The molecule has 0 bridgehead atoms. The Hall–Kier alpha value is -1.26. The number of rotatable bonds is 5. The molecule has 19 heavy (non-hydrogen) atoms. The molecule has 0 amide bonds. The first-order chi connectivity index (χ1) is 9.24. The van der Waals surface area contributed by atoms with Crippen molar-refractivity contribution in [1.29, 1.82) is 0 Å². The fourth-order valence-electron chi connectivity index (χ4n) is 2.62. The van der Waals surface area contributed by atoms with E-state index >= 15 is 0 Å². The molecule has 106 valence electrons. The zero-order chi connectivity index (χ0) is 13.7. The first-order valence-corrected chi connectivity index (χ1v) is 6.93. The second kappa shape index (κ2) is 6.78. The zero-order valence-corrected chi connectivity index (χ0v) is 12.0. The Kier molecular flexibility index (Phi) is 5.05. The molecule has 2 atom stereocenters. The number of hydrogen-bond donors (Lipinski definition) is 2. The van der Waals surface area contributed by atoms with Crippen LogP contribution >= 0.6 is 0 Å². The van der Waals surface area contributed by atoms with E-state index in [0.717, 1.165) is 30.2 Å². The van der Waals surface area contributed by atoms with Crippen LogP contribution < -0.4 is 20.1 Å². The van der Waals surface area contributed by atoms with Crippen LogP contribution in [0.4, 0.5) is 0 Å². The second-order valence-electron chi connectivity index (χ2n) is 5.04. The average molecular weight is 264 g/mol. The van der Waals surface area contributed by atoms with E-state index in [4.69, 9.17) is 9.47 Å². The highest BCUT2D eigenvalue weighted by atomic mass is 16.5. The quantitative estimate of drug-likeness (QED) is 0.855. The van der Waals surface area contributed by atoms with Gasteiger partial charge >= 0.3 is 0 Å². The maximum absolute atomic E-state index is 5.44. The van der Waals surface area contributed by atoms with Crippen LogP contribution in [0.3, 0.4) is 0 Å². The normalized spacial score (nSPS) is 20.9. The second-order valence-corrected chi connectivity index (χ2v) is 5.04. The van der Waals surface area contributed by atoms with E-state index in [1.807, 2.05) is 18.2 Å². The van der Waals surface area contributed by atoms with Crippen LogP contribution in [0.1, 0.15) is 31.4 Å². The lowest BCUT2D eigenvalue weighted by Crippen LogP contribution is -2.44. The molecule has 0 spiro atoms. The van der Waals surface area contributed by atoms with Gasteiger partial charge in [-0.1, -0.05) is 0 Å². The highest BCUT2D eigenvalue weighted by Crippen LogP contribution is 2.29. The summed E-state index contributed by atoms with van der Waals surface area (Å²) in [4.78, 5) is 0. The minimum atomic E-state index is 0.245. The van der Waals surface area contributed by atoms with Crippen LogP contribution in [0.2, 0.25) is 0 Å². The number of ether oxygens (including phenoxy) is 2.